The zero-order chi connectivity index (χ0) is 89.4. The quantitative estimate of drug-likeness (QED) is 0.00658. The highest BCUT2D eigenvalue weighted by Crippen LogP contribution is 2.30. The van der Waals surface area contributed by atoms with E-state index in [2.05, 4.69) is 73.5 Å². The lowest BCUT2D eigenvalue weighted by Crippen LogP contribution is -2.42. The van der Waals surface area contributed by atoms with Gasteiger partial charge in [0.05, 0.1) is 18.1 Å². The summed E-state index contributed by atoms with van der Waals surface area (Å²) in [4.78, 5) is 174. The summed E-state index contributed by atoms with van der Waals surface area (Å²) >= 11 is 0. The molecule has 0 spiro atoms. The van der Waals surface area contributed by atoms with Crippen molar-refractivity contribution in [3.05, 3.63) is 220 Å². The molecule has 7 amide bonds. The first-order chi connectivity index (χ1) is 58.3. The highest BCUT2D eigenvalue weighted by Gasteiger charge is 2.45. The van der Waals surface area contributed by atoms with E-state index in [1.54, 1.807) is 72.8 Å². The molecule has 8 rings (SSSR count). The van der Waals surface area contributed by atoms with Crippen LogP contribution in [0.1, 0.15) is 67.7 Å². The number of non-ortho nitro benzene ring substituents is 1. The van der Waals surface area contributed by atoms with Crippen molar-refractivity contribution in [2.75, 3.05) is 66.2 Å². The number of esters is 2. The van der Waals surface area contributed by atoms with E-state index in [-0.39, 0.29) is 108 Å². The lowest BCUT2D eigenvalue weighted by atomic mass is 10.1. The summed E-state index contributed by atoms with van der Waals surface area (Å²) in [6, 6.07) is 23.1. The number of aliphatic hydroxyl groups excluding tert-OH is 6. The Balaban J connectivity index is 0.000000285. The van der Waals surface area contributed by atoms with Gasteiger partial charge in [0, 0.05) is 60.9 Å². The molecule has 11 atom stereocenters. The second-order valence-electron chi connectivity index (χ2n) is 25.6. The minimum Gasteiger partial charge on any atom is -0.480 e. The average Bonchev–Trinajstić information content (AvgIpc) is 1.66. The summed E-state index contributed by atoms with van der Waals surface area (Å²) in [7, 11) is 0. The molecule has 6 aromatic rings. The van der Waals surface area contributed by atoms with Gasteiger partial charge in [0.1, 0.15) is 118 Å². The number of carboxylic acid groups (broad SMARTS) is 1. The van der Waals surface area contributed by atoms with E-state index in [1.807, 2.05) is 0 Å². The molecule has 2 aliphatic heterocycles. The van der Waals surface area contributed by atoms with E-state index in [4.69, 9.17) is 63.3 Å². The van der Waals surface area contributed by atoms with Gasteiger partial charge < -0.3 is 115 Å². The molecular formula is C77H89N13O32. The summed E-state index contributed by atoms with van der Waals surface area (Å²) in [5, 5.41) is 94.9. The third-order valence-corrected chi connectivity index (χ3v) is 16.6. The molecule has 4 heterocycles. The Morgan fingerprint density at radius 3 is 1.16 bits per heavy atom. The average molecular weight is 1710 g/mol. The van der Waals surface area contributed by atoms with Gasteiger partial charge in [0.15, 0.2) is 12.5 Å². The Labute approximate surface area is 691 Å². The Bertz CT molecular complexity index is 4730. The number of aliphatic carboxylic acids is 1. The number of hydrogen-bond acceptors (Lipinski definition) is 34. The number of carboxylic acids is 1. The van der Waals surface area contributed by atoms with Crippen molar-refractivity contribution in [1.29, 1.82) is 0 Å². The van der Waals surface area contributed by atoms with Crippen molar-refractivity contribution in [2.45, 2.75) is 126 Å². The van der Waals surface area contributed by atoms with Crippen molar-refractivity contribution in [3.8, 4) is 5.75 Å². The third kappa shape index (κ3) is 32.3. The highest BCUT2D eigenvalue weighted by molar-refractivity contribution is 5.93. The number of carbonyl (C=O) groups excluding carboxylic acids is 10. The molecule has 654 valence electrons. The van der Waals surface area contributed by atoms with E-state index in [1.165, 1.54) is 73.1 Å². The van der Waals surface area contributed by atoms with E-state index >= 15 is 0 Å². The molecule has 2 fully saturated rings. The number of carbonyl (C=O) groups is 11. The lowest BCUT2D eigenvalue weighted by Gasteiger charge is -2.17. The van der Waals surface area contributed by atoms with Crippen molar-refractivity contribution < 1.29 is 141 Å². The maximum absolute atomic E-state index is 12.5. The van der Waals surface area contributed by atoms with Crippen LogP contribution in [0.2, 0.25) is 0 Å². The van der Waals surface area contributed by atoms with Crippen LogP contribution in [-0.4, -0.2) is 220 Å². The molecule has 0 bridgehead atoms. The smallest absolute Gasteiger partial charge is 0.480 e. The normalized spacial score (nSPS) is 17.3. The Morgan fingerprint density at radius 2 is 0.836 bits per heavy atom. The number of anilines is 5. The lowest BCUT2D eigenvalue weighted by molar-refractivity contribution is -0.384. The molecule has 0 radical (unpaired) electrons. The van der Waals surface area contributed by atoms with Crippen molar-refractivity contribution in [1.82, 2.24) is 29.7 Å². The molecule has 0 aliphatic carbocycles. The minimum absolute atomic E-state index is 0.00404. The number of nitrogens with zero attached hydrogens (tertiary/aromatic N) is 5. The number of aliphatic hydroxyl groups is 6. The topological polar surface area (TPSA) is 645 Å². The number of nitrogens with one attached hydrogen (secondary N) is 7. The Hall–Kier alpha value is -14.2. The van der Waals surface area contributed by atoms with Crippen LogP contribution in [0.3, 0.4) is 0 Å². The summed E-state index contributed by atoms with van der Waals surface area (Å²) < 4.78 is 52.2. The maximum atomic E-state index is 12.5. The number of nitro groups is 1. The third-order valence-electron chi connectivity index (χ3n) is 16.6. The fourth-order valence-corrected chi connectivity index (χ4v) is 10.4. The van der Waals surface area contributed by atoms with Crippen LogP contribution < -0.4 is 59.1 Å². The Morgan fingerprint density at radius 1 is 0.484 bits per heavy atom. The van der Waals surface area contributed by atoms with E-state index in [9.17, 15) is 98.0 Å². The first kappa shape index (κ1) is 96.6. The molecule has 2 unspecified atom stereocenters. The van der Waals surface area contributed by atoms with Crippen LogP contribution in [0.15, 0.2) is 182 Å². The summed E-state index contributed by atoms with van der Waals surface area (Å²) in [5.41, 5.74) is 6.53. The number of aromatic nitrogens is 4. The number of ether oxygens (including phenoxy) is 10. The van der Waals surface area contributed by atoms with Gasteiger partial charge in [0.25, 0.3) is 5.69 Å². The number of benzene rings is 4. The second-order valence-corrected chi connectivity index (χ2v) is 25.6. The number of amides is 7. The number of nitro benzene ring substituents is 1. The zero-order valence-electron chi connectivity index (χ0n) is 64.8. The molecule has 4 aromatic carbocycles. The molecule has 0 saturated carbocycles. The monoisotopic (exact) mass is 1710 g/mol. The summed E-state index contributed by atoms with van der Waals surface area (Å²) in [5.74, 6) is -4.13. The SMILES string of the molecule is C=CCOC(=O)N[C@@H](CCC(=O)Nc1ccc(COC(=O)Nc2ccn([C@@H]3O[C@H](CO)C(O)[C@H]3O)c(=O)n2)cc1)C(=O)OCC=C.C=CCOC(=O)N[C@@H](CCC(=O)Nc1ccc(COC(=O)Oc2ccc([N+](=O)[O-])cc2)cc1)C(=O)OCC=C.N[C@@H](CCC(=O)Nc1ccc(COC(=O)Nc2ccn([C@@H]3O[C@H](CO)C(O)[C@H]3O)c(=O)n2)cc1)C(=O)O. The fraction of sp³-hybridized carbons (Fsp3) is 0.338. The fourth-order valence-electron chi connectivity index (χ4n) is 10.4. The molecular weight excluding hydrogens is 1620 g/mol. The van der Waals surface area contributed by atoms with Crippen LogP contribution >= 0.6 is 0 Å². The van der Waals surface area contributed by atoms with Crippen LogP contribution in [0, 0.1) is 10.1 Å². The second kappa shape index (κ2) is 49.9. The van der Waals surface area contributed by atoms with Crippen molar-refractivity contribution >= 4 is 101 Å². The molecule has 45 nitrogen and oxygen atoms in total. The van der Waals surface area contributed by atoms with Gasteiger partial charge in [-0.25, -0.2) is 43.2 Å². The van der Waals surface area contributed by atoms with Crippen LogP contribution in [0.4, 0.5) is 58.4 Å². The van der Waals surface area contributed by atoms with Crippen LogP contribution in [-0.2, 0) is 91.2 Å². The van der Waals surface area contributed by atoms with Gasteiger partial charge in [-0.15, -0.1) is 0 Å². The number of alkyl carbamates (subject to hydrolysis) is 2. The van der Waals surface area contributed by atoms with Gasteiger partial charge in [-0.2, -0.15) is 9.97 Å². The first-order valence-corrected chi connectivity index (χ1v) is 36.5. The number of hydrogen-bond donors (Lipinski definition) is 15. The molecule has 45 heteroatoms. The van der Waals surface area contributed by atoms with Crippen molar-refractivity contribution in [3.63, 3.8) is 0 Å². The van der Waals surface area contributed by atoms with Gasteiger partial charge in [0.2, 0.25) is 17.7 Å². The number of nitrogens with two attached hydrogens (primary N) is 1. The van der Waals surface area contributed by atoms with Gasteiger partial charge in [-0.1, -0.05) is 87.0 Å². The standard InChI is InChI=1S/C29H35N5O12.C26H27N3O10.C22H27N5O10/c1-3-13-43-26(39)19(31-28(41)44-14-4-2)9-10-22(36)30-18-7-5-17(6-8-18)16-45-29(42)33-21-11-12-34(27(40)32-21)25-24(38)23(37)20(15-35)46-25;1-3-15-36-24(31)22(28-25(32)37-16-4-2)13-14-23(30)27-19-7-5-18(6-8-19)17-38-26(33)39-21-11-9-20(10-12-21)29(34)35;23-13(20(32)33)5-6-16(29)24-12-3-1-11(2-4-12)10-36-22(35)26-15-7-8-27(21(34)25-15)19-18(31)17(30)14(9-28)37-19/h3-8,11-12,19-20,23-25,35,37-38H,1-2,9-10,13-16H2,(H,30,36)(H,31,41)(H,32,33,40,42);3-12,22H,1-2,13-17H2,(H,27,30)(H,28,32);1-4,7-8,13-14,17-19,28,30-31H,5-6,9-10,23H2,(H,24,29)(H,32,33)(H,25,26,34,35)/t19-,20+,23?,24+,25+;22-;13-,14+,17?,18+,19+/m000/s1. The van der Waals surface area contributed by atoms with Crippen molar-refractivity contribution in [2.24, 2.45) is 5.73 Å². The zero-order valence-corrected chi connectivity index (χ0v) is 64.8. The van der Waals surface area contributed by atoms with Crippen LogP contribution in [0.5, 0.6) is 5.75 Å². The Kier molecular flexibility index (Phi) is 39.5. The van der Waals surface area contributed by atoms with Gasteiger partial charge in [-0.3, -0.25) is 49.1 Å². The summed E-state index contributed by atoms with van der Waals surface area (Å²) in [6.07, 6.45) is -7.53. The van der Waals surface area contributed by atoms with E-state index < -0.39 is 163 Å². The van der Waals surface area contributed by atoms with E-state index in [0.717, 1.165) is 9.13 Å². The minimum atomic E-state index is -1.48. The predicted octanol–water partition coefficient (Wildman–Crippen LogP) is 3.11. The van der Waals surface area contributed by atoms with Crippen LogP contribution in [0.25, 0.3) is 0 Å². The van der Waals surface area contributed by atoms with E-state index in [0.29, 0.717) is 33.8 Å². The summed E-state index contributed by atoms with van der Waals surface area (Å²) in [6.45, 7) is 12.0. The predicted molar refractivity (Wildman–Crippen MR) is 422 cm³/mol. The maximum Gasteiger partial charge on any atom is 0.514 e. The first-order valence-electron chi connectivity index (χ1n) is 36.5. The molecule has 2 saturated heterocycles. The molecule has 122 heavy (non-hydrogen) atoms. The molecule has 2 aromatic heterocycles. The highest BCUT2D eigenvalue weighted by atomic mass is 16.7. The van der Waals surface area contributed by atoms with Gasteiger partial charge >= 0.3 is 59.8 Å². The molecule has 2 aliphatic rings. The largest absolute Gasteiger partial charge is 0.514 e. The number of rotatable bonds is 39. The van der Waals surface area contributed by atoms with Gasteiger partial charge in [-0.05, 0) is 96.6 Å². The molecule has 16 N–H and O–H groups in total.